The van der Waals surface area contributed by atoms with E-state index in [4.69, 9.17) is 11.5 Å². The highest BCUT2D eigenvalue weighted by Gasteiger charge is 2.34. The first kappa shape index (κ1) is 18.6. The van der Waals surface area contributed by atoms with Gasteiger partial charge in [-0.2, -0.15) is 0 Å². The van der Waals surface area contributed by atoms with Crippen LogP contribution in [0.15, 0.2) is 30.3 Å². The van der Waals surface area contributed by atoms with E-state index < -0.39 is 29.8 Å². The maximum atomic E-state index is 12.5. The number of likely N-dealkylation sites (tertiary alicyclic amines) is 1. The van der Waals surface area contributed by atoms with Crippen LogP contribution in [0.2, 0.25) is 0 Å². The molecule has 0 saturated carbocycles. The molecule has 1 aliphatic heterocycles. The number of hydrogen-bond acceptors (Lipinski definition) is 5. The first-order valence-electron chi connectivity index (χ1n) is 8.10. The summed E-state index contributed by atoms with van der Waals surface area (Å²) in [6.07, 6.45) is 1.01. The van der Waals surface area contributed by atoms with Crippen molar-refractivity contribution in [2.75, 3.05) is 6.54 Å². The number of amides is 4. The minimum absolute atomic E-state index is 0.162. The molecule has 0 unspecified atom stereocenters. The lowest BCUT2D eigenvalue weighted by Gasteiger charge is -2.24. The van der Waals surface area contributed by atoms with Gasteiger partial charge in [0.1, 0.15) is 6.04 Å². The van der Waals surface area contributed by atoms with Crippen molar-refractivity contribution >= 4 is 23.6 Å². The van der Waals surface area contributed by atoms with E-state index in [0.29, 0.717) is 19.4 Å². The predicted molar refractivity (Wildman–Crippen MR) is 89.8 cm³/mol. The van der Waals surface area contributed by atoms with Crippen LogP contribution in [0.3, 0.4) is 0 Å². The Hall–Kier alpha value is -2.74. The maximum Gasteiger partial charge on any atom is 0.249 e. The van der Waals surface area contributed by atoms with Crippen molar-refractivity contribution in [3.05, 3.63) is 35.9 Å². The fourth-order valence-corrected chi connectivity index (χ4v) is 2.78. The molecule has 2 rings (SSSR count). The van der Waals surface area contributed by atoms with Crippen molar-refractivity contribution in [1.82, 2.24) is 10.2 Å². The summed E-state index contributed by atoms with van der Waals surface area (Å²) in [7, 11) is 0. The summed E-state index contributed by atoms with van der Waals surface area (Å²) in [4.78, 5) is 48.9. The maximum absolute atomic E-state index is 12.5. The number of nitrogens with one attached hydrogen (secondary N) is 1. The van der Waals surface area contributed by atoms with Crippen molar-refractivity contribution in [1.29, 1.82) is 0 Å². The van der Waals surface area contributed by atoms with Crippen LogP contribution in [0.1, 0.15) is 24.8 Å². The number of carbonyl (C=O) groups is 4. The molecular formula is C17H22N4O4. The Morgan fingerprint density at radius 3 is 2.52 bits per heavy atom. The smallest absolute Gasteiger partial charge is 0.249 e. The van der Waals surface area contributed by atoms with Gasteiger partial charge in [0.05, 0.1) is 18.9 Å². The highest BCUT2D eigenvalue weighted by molar-refractivity contribution is 6.01. The van der Waals surface area contributed by atoms with Gasteiger partial charge in [0.15, 0.2) is 0 Å². The van der Waals surface area contributed by atoms with Gasteiger partial charge in [-0.1, -0.05) is 30.3 Å². The number of benzene rings is 1. The van der Waals surface area contributed by atoms with Gasteiger partial charge in [0.2, 0.25) is 23.6 Å². The van der Waals surface area contributed by atoms with Crippen molar-refractivity contribution in [2.45, 2.75) is 37.8 Å². The van der Waals surface area contributed by atoms with Crippen LogP contribution in [0.5, 0.6) is 0 Å². The molecule has 1 saturated heterocycles. The number of primary amides is 1. The Labute approximate surface area is 145 Å². The van der Waals surface area contributed by atoms with E-state index in [9.17, 15) is 19.2 Å². The van der Waals surface area contributed by atoms with Gasteiger partial charge in [-0.15, -0.1) is 0 Å². The molecule has 0 aromatic heterocycles. The van der Waals surface area contributed by atoms with Crippen molar-refractivity contribution in [3.63, 3.8) is 0 Å². The van der Waals surface area contributed by atoms with Crippen molar-refractivity contribution in [2.24, 2.45) is 11.5 Å². The summed E-state index contributed by atoms with van der Waals surface area (Å²) < 4.78 is 0. The van der Waals surface area contributed by atoms with E-state index in [1.54, 1.807) is 0 Å². The molecule has 0 spiro atoms. The lowest BCUT2D eigenvalue weighted by atomic mass is 10.1. The Morgan fingerprint density at radius 2 is 1.88 bits per heavy atom. The number of nitrogens with two attached hydrogens (primary N) is 2. The average Bonchev–Trinajstić information content (AvgIpc) is 3.05. The molecule has 1 aromatic rings. The summed E-state index contributed by atoms with van der Waals surface area (Å²) in [6, 6.07) is 7.41. The van der Waals surface area contributed by atoms with Gasteiger partial charge in [0.25, 0.3) is 0 Å². The molecule has 25 heavy (non-hydrogen) atoms. The Morgan fingerprint density at radius 1 is 1.20 bits per heavy atom. The van der Waals surface area contributed by atoms with Gasteiger partial charge in [0, 0.05) is 6.54 Å². The Kier molecular flexibility index (Phi) is 6.24. The fourth-order valence-electron chi connectivity index (χ4n) is 2.78. The number of carbonyl (C=O) groups excluding carboxylic acids is 4. The summed E-state index contributed by atoms with van der Waals surface area (Å²) in [5, 5.41) is 2.20. The third-order valence-electron chi connectivity index (χ3n) is 4.11. The second-order valence-electron chi connectivity index (χ2n) is 6.03. The second kappa shape index (κ2) is 8.39. The zero-order valence-electron chi connectivity index (χ0n) is 13.8. The topological polar surface area (TPSA) is 136 Å². The quantitative estimate of drug-likeness (QED) is 0.611. The molecular weight excluding hydrogens is 324 g/mol. The molecule has 5 N–H and O–H groups in total. The van der Waals surface area contributed by atoms with Gasteiger partial charge in [-0.3, -0.25) is 24.5 Å². The van der Waals surface area contributed by atoms with Gasteiger partial charge in [-0.25, -0.2) is 0 Å². The van der Waals surface area contributed by atoms with Gasteiger partial charge in [-0.05, 0) is 18.4 Å². The normalized spacial score (nSPS) is 17.8. The number of hydrogen-bond donors (Lipinski definition) is 3. The molecule has 8 nitrogen and oxygen atoms in total. The van der Waals surface area contributed by atoms with E-state index in [1.165, 1.54) is 4.90 Å². The highest BCUT2D eigenvalue weighted by atomic mass is 16.2. The summed E-state index contributed by atoms with van der Waals surface area (Å²) in [5.74, 6) is -2.22. The molecule has 0 radical (unpaired) electrons. The molecule has 8 heteroatoms. The largest absolute Gasteiger partial charge is 0.368 e. The molecule has 2 atom stereocenters. The van der Waals surface area contributed by atoms with Gasteiger partial charge < -0.3 is 16.4 Å². The number of imide groups is 1. The molecule has 1 aliphatic rings. The predicted octanol–water partition coefficient (Wildman–Crippen LogP) is -0.934. The third kappa shape index (κ3) is 5.12. The van der Waals surface area contributed by atoms with Crippen LogP contribution in [0, 0.1) is 0 Å². The van der Waals surface area contributed by atoms with Crippen LogP contribution in [0.25, 0.3) is 0 Å². The summed E-state index contributed by atoms with van der Waals surface area (Å²) in [5.41, 5.74) is 11.3. The number of nitrogens with zero attached hydrogens (tertiary/aromatic N) is 1. The van der Waals surface area contributed by atoms with Crippen LogP contribution < -0.4 is 16.8 Å². The fraction of sp³-hybridized carbons (Fsp3) is 0.412. The third-order valence-corrected chi connectivity index (χ3v) is 4.11. The lowest BCUT2D eigenvalue weighted by Crippen LogP contribution is -2.49. The van der Waals surface area contributed by atoms with Crippen molar-refractivity contribution in [3.8, 4) is 0 Å². The summed E-state index contributed by atoms with van der Waals surface area (Å²) in [6.45, 7) is 0.471. The van der Waals surface area contributed by atoms with Crippen LogP contribution in [0.4, 0.5) is 0 Å². The summed E-state index contributed by atoms with van der Waals surface area (Å²) >= 11 is 0. The second-order valence-corrected chi connectivity index (χ2v) is 6.03. The first-order chi connectivity index (χ1) is 11.9. The molecule has 1 heterocycles. The van der Waals surface area contributed by atoms with E-state index in [0.717, 1.165) is 5.56 Å². The minimum atomic E-state index is -1.15. The van der Waals surface area contributed by atoms with Crippen LogP contribution in [-0.2, 0) is 25.6 Å². The lowest BCUT2D eigenvalue weighted by molar-refractivity contribution is -0.140. The Balaban J connectivity index is 1.93. The molecule has 1 aromatic carbocycles. The zero-order valence-corrected chi connectivity index (χ0v) is 13.8. The molecule has 1 fully saturated rings. The molecule has 4 amide bonds. The molecule has 0 bridgehead atoms. The van der Waals surface area contributed by atoms with E-state index in [-0.39, 0.29) is 18.7 Å². The Bertz CT molecular complexity index is 662. The first-order valence-corrected chi connectivity index (χ1v) is 8.10. The number of rotatable bonds is 6. The van der Waals surface area contributed by atoms with Crippen LogP contribution in [-0.4, -0.2) is 47.2 Å². The zero-order chi connectivity index (χ0) is 18.4. The monoisotopic (exact) mass is 346 g/mol. The standard InChI is InChI=1S/C17H22N4O4/c18-12(16(19)24)10-14(22)20-17(25)13-7-4-8-21(13)15(23)9-11-5-2-1-3-6-11/h1-3,5-6,12-13H,4,7-10,18H2,(H2,19,24)(H,20,22,25)/t12-,13-/m0/s1. The molecule has 0 aliphatic carbocycles. The molecule has 134 valence electrons. The minimum Gasteiger partial charge on any atom is -0.368 e. The highest BCUT2D eigenvalue weighted by Crippen LogP contribution is 2.19. The van der Waals surface area contributed by atoms with Crippen LogP contribution >= 0.6 is 0 Å². The van der Waals surface area contributed by atoms with Gasteiger partial charge >= 0.3 is 0 Å². The van der Waals surface area contributed by atoms with Crippen molar-refractivity contribution < 1.29 is 19.2 Å². The van der Waals surface area contributed by atoms with E-state index >= 15 is 0 Å². The SMILES string of the molecule is NC(=O)[C@@H](N)CC(=O)NC(=O)[C@@H]1CCCN1C(=O)Cc1ccccc1. The van der Waals surface area contributed by atoms with E-state index in [1.807, 2.05) is 30.3 Å². The van der Waals surface area contributed by atoms with E-state index in [2.05, 4.69) is 5.32 Å². The average molecular weight is 346 g/mol.